The molecule has 0 unspecified atom stereocenters. The Bertz CT molecular complexity index is 923. The van der Waals surface area contributed by atoms with E-state index in [2.05, 4.69) is 25.6 Å². The molecule has 118 valence electrons. The van der Waals surface area contributed by atoms with Gasteiger partial charge in [-0.1, -0.05) is 24.3 Å². The van der Waals surface area contributed by atoms with Gasteiger partial charge in [0, 0.05) is 6.20 Å². The number of aromatic amines is 1. The molecule has 0 saturated carbocycles. The predicted octanol–water partition coefficient (Wildman–Crippen LogP) is 0.0684. The van der Waals surface area contributed by atoms with Gasteiger partial charge in [-0.15, -0.1) is 10.2 Å². The van der Waals surface area contributed by atoms with Gasteiger partial charge < -0.3 is 5.11 Å². The highest BCUT2D eigenvalue weighted by Crippen LogP contribution is 2.33. The lowest BCUT2D eigenvalue weighted by Crippen LogP contribution is -2.16. The van der Waals surface area contributed by atoms with E-state index in [0.29, 0.717) is 11.1 Å². The minimum Gasteiger partial charge on any atom is -0.392 e. The molecule has 9 nitrogen and oxygen atoms in total. The molecule has 10 heteroatoms. The highest BCUT2D eigenvalue weighted by molar-refractivity contribution is 7.89. The number of sulfonamides is 1. The van der Waals surface area contributed by atoms with Gasteiger partial charge >= 0.3 is 0 Å². The van der Waals surface area contributed by atoms with E-state index in [1.54, 1.807) is 30.3 Å². The Labute approximate surface area is 131 Å². The molecule has 0 aliphatic carbocycles. The number of nitrogens with two attached hydrogens (primary N) is 1. The van der Waals surface area contributed by atoms with Crippen molar-refractivity contribution in [2.24, 2.45) is 5.14 Å². The standard InChI is InChI=1S/C13H12N6O3S/c14-23(21,22)13-11(12-16-18-19-17-12)10(5-6-15-13)9-3-1-8(7-20)2-4-9/h1-6,20H,7H2,(H2,14,21,22)(H,16,17,18,19). The summed E-state index contributed by atoms with van der Waals surface area (Å²) < 4.78 is 23.7. The van der Waals surface area contributed by atoms with Crippen LogP contribution in [-0.4, -0.2) is 39.1 Å². The van der Waals surface area contributed by atoms with E-state index >= 15 is 0 Å². The van der Waals surface area contributed by atoms with Crippen molar-refractivity contribution in [3.63, 3.8) is 0 Å². The van der Waals surface area contributed by atoms with Crippen LogP contribution in [0.1, 0.15) is 5.56 Å². The monoisotopic (exact) mass is 332 g/mol. The van der Waals surface area contributed by atoms with Gasteiger partial charge in [0.05, 0.1) is 12.2 Å². The van der Waals surface area contributed by atoms with Crippen LogP contribution in [0.2, 0.25) is 0 Å². The first-order valence-corrected chi connectivity index (χ1v) is 8.01. The number of tetrazole rings is 1. The number of pyridine rings is 1. The Balaban J connectivity index is 2.28. The third kappa shape index (κ3) is 2.95. The van der Waals surface area contributed by atoms with E-state index in [-0.39, 0.29) is 23.0 Å². The second-order valence-corrected chi connectivity index (χ2v) is 6.15. The molecule has 0 aliphatic heterocycles. The number of hydrogen-bond donors (Lipinski definition) is 3. The van der Waals surface area contributed by atoms with Gasteiger partial charge in [0.2, 0.25) is 5.82 Å². The molecule has 1 aromatic carbocycles. The SMILES string of the molecule is NS(=O)(=O)c1nccc(-c2ccc(CO)cc2)c1-c1nn[nH]n1. The zero-order valence-corrected chi connectivity index (χ0v) is 12.5. The van der Waals surface area contributed by atoms with Crippen LogP contribution in [-0.2, 0) is 16.6 Å². The Morgan fingerprint density at radius 1 is 1.17 bits per heavy atom. The molecule has 0 amide bonds. The van der Waals surface area contributed by atoms with Gasteiger partial charge in [0.25, 0.3) is 10.0 Å². The van der Waals surface area contributed by atoms with Gasteiger partial charge in [-0.3, -0.25) is 0 Å². The second kappa shape index (κ2) is 5.83. The molecule has 3 aromatic rings. The van der Waals surface area contributed by atoms with Gasteiger partial charge in [-0.25, -0.2) is 18.5 Å². The first-order valence-electron chi connectivity index (χ1n) is 6.46. The Morgan fingerprint density at radius 2 is 1.91 bits per heavy atom. The molecule has 0 saturated heterocycles. The average molecular weight is 332 g/mol. The zero-order valence-electron chi connectivity index (χ0n) is 11.7. The lowest BCUT2D eigenvalue weighted by Gasteiger charge is -2.10. The largest absolute Gasteiger partial charge is 0.392 e. The lowest BCUT2D eigenvalue weighted by atomic mass is 10.0. The van der Waals surface area contributed by atoms with E-state index < -0.39 is 10.0 Å². The van der Waals surface area contributed by atoms with Crippen LogP contribution >= 0.6 is 0 Å². The van der Waals surface area contributed by atoms with E-state index in [9.17, 15) is 8.42 Å². The summed E-state index contributed by atoms with van der Waals surface area (Å²) in [5.41, 5.74) is 2.14. The van der Waals surface area contributed by atoms with Crippen molar-refractivity contribution in [1.82, 2.24) is 25.6 Å². The second-order valence-electron chi connectivity index (χ2n) is 4.67. The molecule has 0 aliphatic rings. The van der Waals surface area contributed by atoms with Gasteiger partial charge in [0.1, 0.15) is 0 Å². The van der Waals surface area contributed by atoms with Crippen LogP contribution in [0.4, 0.5) is 0 Å². The van der Waals surface area contributed by atoms with Crippen LogP contribution in [0.25, 0.3) is 22.5 Å². The maximum atomic E-state index is 11.8. The molecule has 0 spiro atoms. The number of hydrogen-bond acceptors (Lipinski definition) is 7. The molecule has 0 fully saturated rings. The number of primary sulfonamides is 1. The van der Waals surface area contributed by atoms with E-state index in [0.717, 1.165) is 5.56 Å². The number of aliphatic hydroxyl groups is 1. The van der Waals surface area contributed by atoms with Crippen molar-refractivity contribution < 1.29 is 13.5 Å². The highest BCUT2D eigenvalue weighted by Gasteiger charge is 2.23. The first kappa shape index (κ1) is 15.2. The minimum atomic E-state index is -4.08. The van der Waals surface area contributed by atoms with Crippen molar-refractivity contribution in [2.75, 3.05) is 0 Å². The third-order valence-electron chi connectivity index (χ3n) is 3.20. The summed E-state index contributed by atoms with van der Waals surface area (Å²) in [6.07, 6.45) is 1.35. The van der Waals surface area contributed by atoms with Crippen LogP contribution in [0.15, 0.2) is 41.6 Å². The summed E-state index contributed by atoms with van der Waals surface area (Å²) in [5.74, 6) is 0.0726. The van der Waals surface area contributed by atoms with Gasteiger partial charge in [-0.05, 0) is 28.0 Å². The quantitative estimate of drug-likeness (QED) is 0.612. The van der Waals surface area contributed by atoms with E-state index in [4.69, 9.17) is 10.2 Å². The number of H-pyrrole nitrogens is 1. The molecular formula is C13H12N6O3S. The smallest absolute Gasteiger partial charge is 0.256 e. The molecule has 23 heavy (non-hydrogen) atoms. The fourth-order valence-corrected chi connectivity index (χ4v) is 2.87. The van der Waals surface area contributed by atoms with Crippen LogP contribution in [0, 0.1) is 0 Å². The Kier molecular flexibility index (Phi) is 3.86. The van der Waals surface area contributed by atoms with Gasteiger partial charge in [0.15, 0.2) is 5.03 Å². The summed E-state index contributed by atoms with van der Waals surface area (Å²) in [7, 11) is -4.08. The summed E-state index contributed by atoms with van der Waals surface area (Å²) in [6, 6.07) is 8.59. The minimum absolute atomic E-state index is 0.0726. The lowest BCUT2D eigenvalue weighted by molar-refractivity contribution is 0.282. The molecule has 2 aromatic heterocycles. The Morgan fingerprint density at radius 3 is 2.48 bits per heavy atom. The van der Waals surface area contributed by atoms with Crippen LogP contribution in [0.5, 0.6) is 0 Å². The average Bonchev–Trinajstić information content (AvgIpc) is 3.07. The topological polar surface area (TPSA) is 148 Å². The third-order valence-corrected chi connectivity index (χ3v) is 4.05. The van der Waals surface area contributed by atoms with Gasteiger partial charge in [-0.2, -0.15) is 5.21 Å². The molecule has 0 bridgehead atoms. The van der Waals surface area contributed by atoms with Crippen molar-refractivity contribution in [3.05, 3.63) is 42.1 Å². The van der Waals surface area contributed by atoms with Crippen molar-refractivity contribution >= 4 is 10.0 Å². The predicted molar refractivity (Wildman–Crippen MR) is 80.1 cm³/mol. The first-order chi connectivity index (χ1) is 11.0. The fourth-order valence-electron chi connectivity index (χ4n) is 2.17. The zero-order chi connectivity index (χ0) is 16.4. The summed E-state index contributed by atoms with van der Waals surface area (Å²) in [5, 5.41) is 27.4. The van der Waals surface area contributed by atoms with E-state index in [1.165, 1.54) is 6.20 Å². The number of rotatable bonds is 4. The summed E-state index contributed by atoms with van der Waals surface area (Å²) in [4.78, 5) is 3.85. The molecule has 0 atom stereocenters. The summed E-state index contributed by atoms with van der Waals surface area (Å²) >= 11 is 0. The number of aliphatic hydroxyl groups excluding tert-OH is 1. The number of nitrogens with one attached hydrogen (secondary N) is 1. The van der Waals surface area contributed by atoms with Crippen molar-refractivity contribution in [2.45, 2.75) is 11.6 Å². The van der Waals surface area contributed by atoms with Crippen LogP contribution in [0.3, 0.4) is 0 Å². The van der Waals surface area contributed by atoms with E-state index in [1.807, 2.05) is 0 Å². The maximum Gasteiger partial charge on any atom is 0.256 e. The molecule has 2 heterocycles. The number of aromatic nitrogens is 5. The Hall–Kier alpha value is -2.69. The fraction of sp³-hybridized carbons (Fsp3) is 0.0769. The van der Waals surface area contributed by atoms with Crippen molar-refractivity contribution in [3.8, 4) is 22.5 Å². The summed E-state index contributed by atoms with van der Waals surface area (Å²) in [6.45, 7) is -0.0866. The molecule has 0 radical (unpaired) electrons. The van der Waals surface area contributed by atoms with Crippen molar-refractivity contribution in [1.29, 1.82) is 0 Å². The molecule has 4 N–H and O–H groups in total. The number of benzene rings is 1. The normalized spacial score (nSPS) is 11.6. The maximum absolute atomic E-state index is 11.8. The number of nitrogens with zero attached hydrogens (tertiary/aromatic N) is 4. The molecule has 3 rings (SSSR count). The van der Waals surface area contributed by atoms with Crippen LogP contribution < -0.4 is 5.14 Å². The molecular weight excluding hydrogens is 320 g/mol. The highest BCUT2D eigenvalue weighted by atomic mass is 32.2.